The number of terminal acetylenes is 1. The Bertz CT molecular complexity index is 1700. The average Bonchev–Trinajstić information content (AvgIpc) is 3.72. The molecule has 0 radical (unpaired) electrons. The molecule has 224 valence electrons. The van der Waals surface area contributed by atoms with Crippen molar-refractivity contribution in [3.63, 3.8) is 0 Å². The number of benzene rings is 1. The SMILES string of the molecule is C#C[C@@]1(O)[C@@H](COC(Cc2ccc([N+](=O)[O-])cc2)(C(=O)OCC)c2cscn2)O[C@@H](n2cnc3c(N)nc(Cl)nc32)[C@@H]1O. The first-order valence-electron chi connectivity index (χ1n) is 12.7. The maximum Gasteiger partial charge on any atom is 0.345 e. The van der Waals surface area contributed by atoms with Gasteiger partial charge in [-0.25, -0.2) is 14.8 Å². The lowest BCUT2D eigenvalue weighted by molar-refractivity contribution is -0.384. The van der Waals surface area contributed by atoms with Gasteiger partial charge in [-0.05, 0) is 24.1 Å². The van der Waals surface area contributed by atoms with Gasteiger partial charge in [0.25, 0.3) is 5.69 Å². The van der Waals surface area contributed by atoms with Crippen molar-refractivity contribution in [2.45, 2.75) is 43.0 Å². The molecule has 3 aromatic heterocycles. The number of nitrogens with two attached hydrogens (primary N) is 1. The van der Waals surface area contributed by atoms with Gasteiger partial charge in [-0.1, -0.05) is 18.1 Å². The fourth-order valence-corrected chi connectivity index (χ4v) is 5.55. The molecule has 4 N–H and O–H groups in total. The molecule has 43 heavy (non-hydrogen) atoms. The van der Waals surface area contributed by atoms with Crippen molar-refractivity contribution in [2.75, 3.05) is 18.9 Å². The summed E-state index contributed by atoms with van der Waals surface area (Å²) in [5.41, 5.74) is 4.03. The Kier molecular flexibility index (Phi) is 8.29. The molecular formula is C26H24ClN7O8S. The normalized spacial score (nSPS) is 23.1. The number of hydrogen-bond acceptors (Lipinski definition) is 14. The number of thiazole rings is 1. The predicted molar refractivity (Wildman–Crippen MR) is 152 cm³/mol. The van der Waals surface area contributed by atoms with Crippen molar-refractivity contribution in [1.82, 2.24) is 24.5 Å². The molecule has 1 saturated heterocycles. The highest BCUT2D eigenvalue weighted by Gasteiger charge is 2.57. The van der Waals surface area contributed by atoms with Gasteiger partial charge in [0.1, 0.15) is 17.7 Å². The molecule has 0 spiro atoms. The molecule has 1 aliphatic heterocycles. The van der Waals surface area contributed by atoms with Gasteiger partial charge in [-0.15, -0.1) is 17.8 Å². The number of anilines is 1. The van der Waals surface area contributed by atoms with Crippen LogP contribution in [0, 0.1) is 22.5 Å². The second-order valence-electron chi connectivity index (χ2n) is 9.46. The van der Waals surface area contributed by atoms with Gasteiger partial charge < -0.3 is 30.2 Å². The van der Waals surface area contributed by atoms with Crippen molar-refractivity contribution in [3.8, 4) is 12.3 Å². The third-order valence-electron chi connectivity index (χ3n) is 6.97. The summed E-state index contributed by atoms with van der Waals surface area (Å²) in [5, 5.41) is 35.2. The van der Waals surface area contributed by atoms with Crippen LogP contribution in [0.25, 0.3) is 11.2 Å². The fraction of sp³-hybridized carbons (Fsp3) is 0.346. The first-order chi connectivity index (χ1) is 20.5. The van der Waals surface area contributed by atoms with Crippen molar-refractivity contribution < 1.29 is 34.1 Å². The Labute approximate surface area is 252 Å². The number of aliphatic hydroxyl groups is 2. The summed E-state index contributed by atoms with van der Waals surface area (Å²) in [6.45, 7) is 1.10. The Balaban J connectivity index is 1.50. The van der Waals surface area contributed by atoms with Crippen LogP contribution in [0.3, 0.4) is 0 Å². The van der Waals surface area contributed by atoms with E-state index in [2.05, 4.69) is 25.9 Å². The number of nitro groups is 1. The number of nitrogen functional groups attached to an aromatic ring is 1. The molecule has 4 heterocycles. The number of fused-ring (bicyclic) bond motifs is 1. The second-order valence-corrected chi connectivity index (χ2v) is 10.5. The number of carbonyl (C=O) groups is 1. The van der Waals surface area contributed by atoms with Crippen LogP contribution in [0.1, 0.15) is 24.4 Å². The number of imidazole rings is 1. The molecule has 0 saturated carbocycles. The number of rotatable bonds is 10. The molecule has 1 fully saturated rings. The maximum absolute atomic E-state index is 13.6. The van der Waals surface area contributed by atoms with E-state index >= 15 is 0 Å². The van der Waals surface area contributed by atoms with E-state index in [1.807, 2.05) is 0 Å². The van der Waals surface area contributed by atoms with Crippen LogP contribution in [0.15, 0.2) is 41.5 Å². The number of esters is 1. The van der Waals surface area contributed by atoms with Gasteiger partial charge in [-0.2, -0.15) is 9.97 Å². The average molecular weight is 630 g/mol. The van der Waals surface area contributed by atoms with Crippen molar-refractivity contribution in [1.29, 1.82) is 0 Å². The predicted octanol–water partition coefficient (Wildman–Crippen LogP) is 1.77. The monoisotopic (exact) mass is 629 g/mol. The molecule has 1 aromatic carbocycles. The zero-order chi connectivity index (χ0) is 30.9. The van der Waals surface area contributed by atoms with Gasteiger partial charge in [0.2, 0.25) is 10.9 Å². The summed E-state index contributed by atoms with van der Waals surface area (Å²) in [7, 11) is 0. The van der Waals surface area contributed by atoms with E-state index in [1.165, 1.54) is 52.0 Å². The quantitative estimate of drug-likeness (QED) is 0.0751. The Morgan fingerprint density at radius 3 is 2.74 bits per heavy atom. The summed E-state index contributed by atoms with van der Waals surface area (Å²) in [6, 6.07) is 5.55. The van der Waals surface area contributed by atoms with Crippen LogP contribution in [0.4, 0.5) is 11.5 Å². The number of carbonyl (C=O) groups excluding carboxylic acids is 1. The standard InChI is InChI=1S/C26H24ClN7O8S/c1-3-25(37)17(42-22(19(25)35)33-12-29-18-20(28)31-24(27)32-21(18)33)10-41-26(23(36)40-4-2,16-11-43-13-30-16)9-14-5-7-15(8-6-14)34(38)39/h1,5-8,11-13,17,19,22,35,37H,4,9-10H2,2H3,(H2,28,31,32)/t17-,19+,22-,25-,26?/m1/s1. The Morgan fingerprint density at radius 1 is 1.37 bits per heavy atom. The summed E-state index contributed by atoms with van der Waals surface area (Å²) in [4.78, 5) is 40.6. The highest BCUT2D eigenvalue weighted by Crippen LogP contribution is 2.41. The molecule has 5 rings (SSSR count). The molecule has 0 aliphatic carbocycles. The zero-order valence-corrected chi connectivity index (χ0v) is 23.9. The summed E-state index contributed by atoms with van der Waals surface area (Å²) < 4.78 is 18.9. The maximum atomic E-state index is 13.6. The number of nitrogens with zero attached hydrogens (tertiary/aromatic N) is 6. The van der Waals surface area contributed by atoms with E-state index in [4.69, 9.17) is 38.0 Å². The molecular weight excluding hydrogens is 606 g/mol. The zero-order valence-electron chi connectivity index (χ0n) is 22.4. The lowest BCUT2D eigenvalue weighted by Crippen LogP contribution is -2.51. The van der Waals surface area contributed by atoms with Crippen LogP contribution in [0.5, 0.6) is 0 Å². The number of nitro benzene ring substituents is 1. The summed E-state index contributed by atoms with van der Waals surface area (Å²) in [6.07, 6.45) is 2.37. The molecule has 4 aromatic rings. The van der Waals surface area contributed by atoms with Crippen molar-refractivity contribution >= 4 is 51.6 Å². The Hall–Kier alpha value is -4.24. The van der Waals surface area contributed by atoms with E-state index in [1.54, 1.807) is 12.3 Å². The lowest BCUT2D eigenvalue weighted by atomic mass is 9.90. The van der Waals surface area contributed by atoms with Crippen molar-refractivity contribution in [3.05, 3.63) is 68.1 Å². The van der Waals surface area contributed by atoms with Crippen LogP contribution >= 0.6 is 22.9 Å². The molecule has 1 aliphatic rings. The van der Waals surface area contributed by atoms with Crippen LogP contribution < -0.4 is 5.73 Å². The van der Waals surface area contributed by atoms with Crippen LogP contribution in [0.2, 0.25) is 5.28 Å². The molecule has 0 amide bonds. The Morgan fingerprint density at radius 2 is 2.12 bits per heavy atom. The molecule has 17 heteroatoms. The third kappa shape index (κ3) is 5.38. The topological polar surface area (TPSA) is 211 Å². The lowest BCUT2D eigenvalue weighted by Gasteiger charge is -2.33. The van der Waals surface area contributed by atoms with Gasteiger partial charge in [-0.3, -0.25) is 14.7 Å². The molecule has 5 atom stereocenters. The highest BCUT2D eigenvalue weighted by molar-refractivity contribution is 7.07. The number of aromatic nitrogens is 5. The number of ether oxygens (including phenoxy) is 3. The van der Waals surface area contributed by atoms with Gasteiger partial charge in [0, 0.05) is 23.9 Å². The van der Waals surface area contributed by atoms with Crippen molar-refractivity contribution in [2.24, 2.45) is 0 Å². The van der Waals surface area contributed by atoms with Crippen LogP contribution in [-0.2, 0) is 31.0 Å². The molecule has 1 unspecified atom stereocenters. The fourth-order valence-electron chi connectivity index (χ4n) is 4.77. The summed E-state index contributed by atoms with van der Waals surface area (Å²) in [5.74, 6) is 1.37. The van der Waals surface area contributed by atoms with E-state index < -0.39 is 47.1 Å². The smallest absolute Gasteiger partial charge is 0.345 e. The number of halogens is 1. The minimum Gasteiger partial charge on any atom is -0.464 e. The van der Waals surface area contributed by atoms with Gasteiger partial charge >= 0.3 is 5.97 Å². The van der Waals surface area contributed by atoms with Crippen LogP contribution in [-0.4, -0.2) is 76.6 Å². The number of non-ortho nitro benzene ring substituents is 1. The first kappa shape index (κ1) is 30.2. The van der Waals surface area contributed by atoms with E-state index in [9.17, 15) is 25.1 Å². The molecule has 0 bridgehead atoms. The van der Waals surface area contributed by atoms with E-state index in [-0.39, 0.29) is 46.7 Å². The minimum atomic E-state index is -2.31. The van der Waals surface area contributed by atoms with E-state index in [0.29, 0.717) is 5.56 Å². The second kappa shape index (κ2) is 11.8. The van der Waals surface area contributed by atoms with Gasteiger partial charge in [0.05, 0.1) is 35.7 Å². The van der Waals surface area contributed by atoms with Gasteiger partial charge in [0.15, 0.2) is 23.3 Å². The highest BCUT2D eigenvalue weighted by atomic mass is 35.5. The number of hydrogen-bond donors (Lipinski definition) is 3. The largest absolute Gasteiger partial charge is 0.464 e. The number of aliphatic hydroxyl groups excluding tert-OH is 1. The summed E-state index contributed by atoms with van der Waals surface area (Å²) >= 11 is 7.17. The minimum absolute atomic E-state index is 0.00457. The first-order valence-corrected chi connectivity index (χ1v) is 14.0. The third-order valence-corrected chi connectivity index (χ3v) is 7.73. The van der Waals surface area contributed by atoms with E-state index in [0.717, 1.165) is 0 Å². The molecule has 15 nitrogen and oxygen atoms in total.